The monoisotopic (exact) mass is 1370 g/mol. The van der Waals surface area contributed by atoms with Gasteiger partial charge in [-0.15, -0.1) is 0 Å². The Kier molecular flexibility index (Phi) is 78.6. The lowest BCUT2D eigenvalue weighted by atomic mass is 10.0. The Morgan fingerprint density at radius 2 is 0.464 bits per heavy atom. The number of carboxylic acids is 1. The Labute approximate surface area is 606 Å². The Morgan fingerprint density at radius 1 is 0.268 bits per heavy atom. The first-order valence-electron chi connectivity index (χ1n) is 44.2. The second kappa shape index (κ2) is 80.0. The predicted octanol–water partition coefficient (Wildman–Crippen LogP) is 28.5. The standard InChI is InChI=1S/C88H173NO8/c1-6-8-10-12-14-16-18-20-22-24-26-28-30-32-34-36-38-39-40-41-42-43-44-45-46-47-49-51-53-55-57-59-61-63-65-67-69-71-73-75-77-79-86(91)97-84(83-96-88(87(92)93)94-81-80-89(3,4)5)82-95-85(90)78-76-74-72-70-68-66-64-62-60-58-56-54-52-50-48-37-35-33-31-29-27-25-23-21-19-17-15-13-11-9-7-2/h84,88H,6-83H2,1-5H3/p+1. The summed E-state index contributed by atoms with van der Waals surface area (Å²) in [7, 11) is 6.01. The molecular weight excluding hydrogens is 1200 g/mol. The van der Waals surface area contributed by atoms with Crippen LogP contribution < -0.4 is 0 Å². The molecule has 0 aromatic heterocycles. The molecule has 0 amide bonds. The van der Waals surface area contributed by atoms with E-state index in [1.807, 2.05) is 21.1 Å². The molecule has 0 fully saturated rings. The van der Waals surface area contributed by atoms with Gasteiger partial charge in [0.05, 0.1) is 34.4 Å². The summed E-state index contributed by atoms with van der Waals surface area (Å²) in [6, 6.07) is 0. The van der Waals surface area contributed by atoms with Crippen molar-refractivity contribution in [2.75, 3.05) is 47.5 Å². The van der Waals surface area contributed by atoms with Gasteiger partial charge in [-0.05, 0) is 12.8 Å². The fourth-order valence-electron chi connectivity index (χ4n) is 14.1. The fraction of sp³-hybridized carbons (Fsp3) is 0.966. The van der Waals surface area contributed by atoms with E-state index in [1.54, 1.807) is 0 Å². The van der Waals surface area contributed by atoms with E-state index in [1.165, 1.54) is 424 Å². The zero-order valence-corrected chi connectivity index (χ0v) is 66.6. The van der Waals surface area contributed by atoms with Crippen molar-refractivity contribution in [3.8, 4) is 0 Å². The molecule has 0 radical (unpaired) electrons. The second-order valence-electron chi connectivity index (χ2n) is 31.9. The van der Waals surface area contributed by atoms with Crippen LogP contribution in [0, 0.1) is 0 Å². The number of rotatable bonds is 85. The summed E-state index contributed by atoms with van der Waals surface area (Å²) in [5, 5.41) is 9.79. The molecule has 97 heavy (non-hydrogen) atoms. The van der Waals surface area contributed by atoms with Gasteiger partial charge in [-0.25, -0.2) is 4.79 Å². The number of hydrogen-bond acceptors (Lipinski definition) is 7. The number of likely N-dealkylation sites (N-methyl/N-ethyl adjacent to an activating group) is 1. The van der Waals surface area contributed by atoms with Crippen molar-refractivity contribution < 1.29 is 42.9 Å². The van der Waals surface area contributed by atoms with Crippen LogP contribution in [0.15, 0.2) is 0 Å². The molecule has 0 aliphatic rings. The molecule has 0 aliphatic carbocycles. The third kappa shape index (κ3) is 81.5. The summed E-state index contributed by atoms with van der Waals surface area (Å²) in [4.78, 5) is 37.8. The third-order valence-electron chi connectivity index (χ3n) is 20.9. The van der Waals surface area contributed by atoms with E-state index in [2.05, 4.69) is 13.8 Å². The van der Waals surface area contributed by atoms with Crippen LogP contribution in [-0.2, 0) is 33.3 Å². The Bertz CT molecular complexity index is 1550. The Morgan fingerprint density at radius 3 is 0.660 bits per heavy atom. The molecule has 9 heteroatoms. The summed E-state index contributed by atoms with van der Waals surface area (Å²) in [6.07, 6.45) is 97.4. The minimum absolute atomic E-state index is 0.171. The number of hydrogen-bond donors (Lipinski definition) is 1. The van der Waals surface area contributed by atoms with E-state index in [-0.39, 0.29) is 38.2 Å². The lowest BCUT2D eigenvalue weighted by molar-refractivity contribution is -0.870. The fourth-order valence-corrected chi connectivity index (χ4v) is 14.1. The molecule has 2 unspecified atom stereocenters. The van der Waals surface area contributed by atoms with Crippen LogP contribution in [0.3, 0.4) is 0 Å². The summed E-state index contributed by atoms with van der Waals surface area (Å²) in [5.74, 6) is -1.96. The summed E-state index contributed by atoms with van der Waals surface area (Å²) in [5.41, 5.74) is 0. The van der Waals surface area contributed by atoms with Crippen LogP contribution in [0.5, 0.6) is 0 Å². The Balaban J connectivity index is 3.87. The second-order valence-corrected chi connectivity index (χ2v) is 31.9. The number of ether oxygens (including phenoxy) is 4. The summed E-state index contributed by atoms with van der Waals surface area (Å²) < 4.78 is 23.1. The zero-order chi connectivity index (χ0) is 70.4. The number of esters is 2. The molecule has 578 valence electrons. The number of aliphatic carboxylic acids is 1. The number of carbonyl (C=O) groups excluding carboxylic acids is 2. The van der Waals surface area contributed by atoms with Crippen molar-refractivity contribution in [3.05, 3.63) is 0 Å². The first-order chi connectivity index (χ1) is 47.6. The molecule has 0 bridgehead atoms. The van der Waals surface area contributed by atoms with Crippen LogP contribution in [-0.4, -0.2) is 87.4 Å². The quantitative estimate of drug-likeness (QED) is 0.0278. The van der Waals surface area contributed by atoms with E-state index in [9.17, 15) is 19.5 Å². The van der Waals surface area contributed by atoms with Crippen molar-refractivity contribution in [2.24, 2.45) is 0 Å². The molecular formula is C88H174NO8+. The van der Waals surface area contributed by atoms with Gasteiger partial charge in [-0.2, -0.15) is 0 Å². The summed E-state index contributed by atoms with van der Waals surface area (Å²) >= 11 is 0. The van der Waals surface area contributed by atoms with E-state index in [4.69, 9.17) is 18.9 Å². The highest BCUT2D eigenvalue weighted by atomic mass is 16.7. The molecule has 0 aliphatic heterocycles. The van der Waals surface area contributed by atoms with Gasteiger partial charge >= 0.3 is 17.9 Å². The maximum Gasteiger partial charge on any atom is 0.361 e. The van der Waals surface area contributed by atoms with Crippen molar-refractivity contribution >= 4 is 17.9 Å². The highest BCUT2D eigenvalue weighted by Gasteiger charge is 2.25. The maximum atomic E-state index is 13.0. The predicted molar refractivity (Wildman–Crippen MR) is 420 cm³/mol. The molecule has 0 heterocycles. The van der Waals surface area contributed by atoms with Gasteiger partial charge in [-0.1, -0.05) is 463 Å². The van der Waals surface area contributed by atoms with Crippen LogP contribution in [0.25, 0.3) is 0 Å². The number of quaternary nitrogens is 1. The molecule has 9 nitrogen and oxygen atoms in total. The lowest BCUT2D eigenvalue weighted by Gasteiger charge is -2.25. The molecule has 2 atom stereocenters. The number of carboxylic acid groups (broad SMARTS) is 1. The van der Waals surface area contributed by atoms with E-state index in [0.29, 0.717) is 17.4 Å². The molecule has 0 spiro atoms. The van der Waals surface area contributed by atoms with Gasteiger partial charge < -0.3 is 28.5 Å². The maximum absolute atomic E-state index is 13.0. The number of carbonyl (C=O) groups is 3. The smallest absolute Gasteiger partial charge is 0.361 e. The van der Waals surface area contributed by atoms with Gasteiger partial charge in [0.15, 0.2) is 6.10 Å². The minimum atomic E-state index is -1.51. The van der Waals surface area contributed by atoms with Gasteiger partial charge in [-0.3, -0.25) is 9.59 Å². The highest BCUT2D eigenvalue weighted by molar-refractivity contribution is 5.71. The van der Waals surface area contributed by atoms with Crippen molar-refractivity contribution in [3.63, 3.8) is 0 Å². The van der Waals surface area contributed by atoms with E-state index < -0.39 is 18.4 Å². The number of unbranched alkanes of at least 4 members (excludes halogenated alkanes) is 70. The first kappa shape index (κ1) is 95.3. The largest absolute Gasteiger partial charge is 0.477 e. The zero-order valence-electron chi connectivity index (χ0n) is 66.6. The van der Waals surface area contributed by atoms with Gasteiger partial charge in [0, 0.05) is 12.8 Å². The summed E-state index contributed by atoms with van der Waals surface area (Å²) in [6.45, 7) is 4.99. The van der Waals surface area contributed by atoms with Crippen molar-refractivity contribution in [1.82, 2.24) is 0 Å². The van der Waals surface area contributed by atoms with Crippen LogP contribution in [0.2, 0.25) is 0 Å². The van der Waals surface area contributed by atoms with Gasteiger partial charge in [0.1, 0.15) is 13.2 Å². The molecule has 0 aromatic carbocycles. The lowest BCUT2D eigenvalue weighted by Crippen LogP contribution is -2.40. The van der Waals surface area contributed by atoms with Crippen LogP contribution in [0.1, 0.15) is 489 Å². The normalized spacial score (nSPS) is 12.5. The molecule has 0 aromatic rings. The first-order valence-corrected chi connectivity index (χ1v) is 44.2. The van der Waals surface area contributed by atoms with E-state index >= 15 is 0 Å². The Hall–Kier alpha value is -1.71. The SMILES string of the molecule is CCCCCCCCCCCCCCCCCCCCCCCCCCCCCCCCCCCCCCCCCCCC(=O)OC(COC(=O)CCCCCCCCCCCCCCCCCCCCCCCCCCCCCCCCC)COC(OCC[N+](C)(C)C)C(=O)O. The number of nitrogens with zero attached hydrogens (tertiary/aromatic N) is 1. The molecule has 1 N–H and O–H groups in total. The van der Waals surface area contributed by atoms with Crippen LogP contribution in [0.4, 0.5) is 0 Å². The van der Waals surface area contributed by atoms with E-state index in [0.717, 1.165) is 38.5 Å². The van der Waals surface area contributed by atoms with Crippen molar-refractivity contribution in [1.29, 1.82) is 0 Å². The topological polar surface area (TPSA) is 108 Å². The average molecular weight is 1370 g/mol. The third-order valence-corrected chi connectivity index (χ3v) is 20.9. The van der Waals surface area contributed by atoms with Crippen molar-refractivity contribution in [2.45, 2.75) is 501 Å². The molecule has 0 saturated carbocycles. The van der Waals surface area contributed by atoms with Gasteiger partial charge in [0.2, 0.25) is 0 Å². The molecule has 0 saturated heterocycles. The highest BCUT2D eigenvalue weighted by Crippen LogP contribution is 2.22. The van der Waals surface area contributed by atoms with Gasteiger partial charge in [0.25, 0.3) is 6.29 Å². The van der Waals surface area contributed by atoms with Crippen LogP contribution >= 0.6 is 0 Å². The molecule has 0 rings (SSSR count). The minimum Gasteiger partial charge on any atom is -0.477 e. The average Bonchev–Trinajstić information content (AvgIpc) is 3.27.